The van der Waals surface area contributed by atoms with E-state index in [2.05, 4.69) is 33.9 Å². The van der Waals surface area contributed by atoms with Gasteiger partial charge in [0.15, 0.2) is 5.78 Å². The van der Waals surface area contributed by atoms with Crippen molar-refractivity contribution in [2.24, 2.45) is 0 Å². The molecular weight excluding hydrogens is 346 g/mol. The molecule has 0 spiro atoms. The summed E-state index contributed by atoms with van der Waals surface area (Å²) in [6.45, 7) is 10.3. The van der Waals surface area contributed by atoms with Crippen molar-refractivity contribution in [2.75, 3.05) is 5.75 Å². The Kier molecular flexibility index (Phi) is 5.27. The molecule has 3 aromatic rings. The highest BCUT2D eigenvalue weighted by atomic mass is 32.2. The molecule has 0 fully saturated rings. The van der Waals surface area contributed by atoms with Crippen LogP contribution in [-0.4, -0.2) is 36.3 Å². The Hall–Kier alpha value is -2.41. The molecule has 136 valence electrons. The van der Waals surface area contributed by atoms with Crippen molar-refractivity contribution in [3.63, 3.8) is 0 Å². The lowest BCUT2D eigenvalue weighted by Gasteiger charge is -2.13. The van der Waals surface area contributed by atoms with Crippen molar-refractivity contribution in [3.05, 3.63) is 52.8 Å². The Labute approximate surface area is 157 Å². The summed E-state index contributed by atoms with van der Waals surface area (Å²) in [6.07, 6.45) is 0. The molecule has 1 aromatic carbocycles. The molecule has 0 unspecified atom stereocenters. The molecule has 7 heteroatoms. The zero-order chi connectivity index (χ0) is 18.8. The van der Waals surface area contributed by atoms with Crippen molar-refractivity contribution in [1.82, 2.24) is 24.8 Å². The van der Waals surface area contributed by atoms with E-state index in [9.17, 15) is 4.79 Å². The van der Waals surface area contributed by atoms with Crippen molar-refractivity contribution < 1.29 is 4.79 Å². The molecule has 0 aliphatic carbocycles. The molecule has 0 atom stereocenters. The van der Waals surface area contributed by atoms with E-state index < -0.39 is 0 Å². The summed E-state index contributed by atoms with van der Waals surface area (Å²) in [5.41, 5.74) is 4.95. The van der Waals surface area contributed by atoms with Gasteiger partial charge in [0.2, 0.25) is 5.16 Å². The molecule has 0 N–H and O–H groups in total. The second-order valence-electron chi connectivity index (χ2n) is 6.67. The largest absolute Gasteiger partial charge is 0.346 e. The monoisotopic (exact) mass is 369 g/mol. The van der Waals surface area contributed by atoms with Gasteiger partial charge in [-0.05, 0) is 63.2 Å². The van der Waals surface area contributed by atoms with Gasteiger partial charge in [0, 0.05) is 23.0 Å². The van der Waals surface area contributed by atoms with Gasteiger partial charge in [-0.3, -0.25) is 4.79 Å². The molecular formula is C19H23N5OS. The number of nitrogens with zero attached hydrogens (tertiary/aromatic N) is 5. The molecule has 2 heterocycles. The number of hydrogen-bond acceptors (Lipinski definition) is 5. The smallest absolute Gasteiger partial charge is 0.214 e. The zero-order valence-corrected chi connectivity index (χ0v) is 16.5. The summed E-state index contributed by atoms with van der Waals surface area (Å²) in [4.78, 5) is 12.7. The molecule has 2 aromatic heterocycles. The van der Waals surface area contributed by atoms with Crippen molar-refractivity contribution in [1.29, 1.82) is 0 Å². The van der Waals surface area contributed by atoms with Crippen LogP contribution in [0.3, 0.4) is 0 Å². The minimum absolute atomic E-state index is 0.0912. The second kappa shape index (κ2) is 7.45. The van der Waals surface area contributed by atoms with Gasteiger partial charge in [0.05, 0.1) is 11.4 Å². The van der Waals surface area contributed by atoms with Crippen LogP contribution in [0.1, 0.15) is 47.2 Å². The second-order valence-corrected chi connectivity index (χ2v) is 7.61. The van der Waals surface area contributed by atoms with Crippen LogP contribution in [-0.2, 0) is 0 Å². The van der Waals surface area contributed by atoms with Crippen LogP contribution in [0.2, 0.25) is 0 Å². The Morgan fingerprint density at radius 2 is 1.85 bits per heavy atom. The predicted molar refractivity (Wildman–Crippen MR) is 103 cm³/mol. The molecule has 0 saturated heterocycles. The SMILES string of the molecule is Cc1ccc(-n2nnnc2SCC(=O)c2cc(C)n(C(C)C)c2C)cc1. The zero-order valence-electron chi connectivity index (χ0n) is 15.7. The molecule has 0 saturated carbocycles. The molecule has 6 nitrogen and oxygen atoms in total. The summed E-state index contributed by atoms with van der Waals surface area (Å²) in [5.74, 6) is 0.391. The normalized spacial score (nSPS) is 11.3. The van der Waals surface area contributed by atoms with Gasteiger partial charge in [-0.1, -0.05) is 29.5 Å². The van der Waals surface area contributed by atoms with Gasteiger partial charge >= 0.3 is 0 Å². The number of carbonyl (C=O) groups excluding carboxylic acids is 1. The lowest BCUT2D eigenvalue weighted by atomic mass is 10.2. The highest BCUT2D eigenvalue weighted by molar-refractivity contribution is 7.99. The van der Waals surface area contributed by atoms with E-state index in [-0.39, 0.29) is 5.78 Å². The third kappa shape index (κ3) is 3.58. The van der Waals surface area contributed by atoms with E-state index in [0.29, 0.717) is 17.0 Å². The molecule has 0 radical (unpaired) electrons. The van der Waals surface area contributed by atoms with Gasteiger partial charge in [0.1, 0.15) is 0 Å². The quantitative estimate of drug-likeness (QED) is 0.486. The van der Waals surface area contributed by atoms with Gasteiger partial charge in [-0.25, -0.2) is 0 Å². The number of aryl methyl sites for hydroxylation is 2. The molecule has 0 bridgehead atoms. The Bertz CT molecular complexity index is 924. The summed E-state index contributed by atoms with van der Waals surface area (Å²) in [6, 6.07) is 10.3. The number of carbonyl (C=O) groups is 1. The average Bonchev–Trinajstić information content (AvgIpc) is 3.17. The van der Waals surface area contributed by atoms with Crippen LogP contribution in [0, 0.1) is 20.8 Å². The first-order valence-electron chi connectivity index (χ1n) is 8.58. The van der Waals surface area contributed by atoms with Crippen LogP contribution in [0.5, 0.6) is 0 Å². The maximum absolute atomic E-state index is 12.7. The van der Waals surface area contributed by atoms with E-state index in [1.807, 2.05) is 51.1 Å². The average molecular weight is 369 g/mol. The lowest BCUT2D eigenvalue weighted by Crippen LogP contribution is -2.09. The molecule has 26 heavy (non-hydrogen) atoms. The maximum atomic E-state index is 12.7. The first-order valence-corrected chi connectivity index (χ1v) is 9.57. The molecule has 0 aliphatic rings. The van der Waals surface area contributed by atoms with E-state index in [0.717, 1.165) is 22.6 Å². The summed E-state index contributed by atoms with van der Waals surface area (Å²) < 4.78 is 3.85. The number of hydrogen-bond donors (Lipinski definition) is 0. The van der Waals surface area contributed by atoms with Crippen LogP contribution in [0.4, 0.5) is 0 Å². The number of rotatable bonds is 6. The first kappa shape index (κ1) is 18.4. The number of tetrazole rings is 1. The third-order valence-electron chi connectivity index (χ3n) is 4.35. The van der Waals surface area contributed by atoms with Gasteiger partial charge in [-0.15, -0.1) is 5.10 Å². The van der Waals surface area contributed by atoms with Crippen LogP contribution in [0.25, 0.3) is 5.69 Å². The summed E-state index contributed by atoms with van der Waals surface area (Å²) in [5, 5.41) is 12.5. The first-order chi connectivity index (χ1) is 12.4. The van der Waals surface area contributed by atoms with Crippen LogP contribution >= 0.6 is 11.8 Å². The minimum Gasteiger partial charge on any atom is -0.346 e. The molecule has 3 rings (SSSR count). The number of thioether (sulfide) groups is 1. The fraction of sp³-hybridized carbons (Fsp3) is 0.368. The van der Waals surface area contributed by atoms with E-state index in [4.69, 9.17) is 0 Å². The van der Waals surface area contributed by atoms with E-state index in [1.54, 1.807) is 4.68 Å². The standard InChI is InChI=1S/C19H23N5OS/c1-12(2)23-14(4)10-17(15(23)5)18(25)11-26-19-20-21-22-24(19)16-8-6-13(3)7-9-16/h6-10,12H,11H2,1-5H3. The van der Waals surface area contributed by atoms with Gasteiger partial charge < -0.3 is 4.57 Å². The van der Waals surface area contributed by atoms with Gasteiger partial charge in [-0.2, -0.15) is 4.68 Å². The number of aromatic nitrogens is 5. The van der Waals surface area contributed by atoms with Crippen molar-refractivity contribution in [3.8, 4) is 5.69 Å². The fourth-order valence-corrected chi connectivity index (χ4v) is 3.95. The summed E-state index contributed by atoms with van der Waals surface area (Å²) in [7, 11) is 0. The number of Topliss-reactive ketones (excluding diaryl/α,β-unsaturated/α-hetero) is 1. The highest BCUT2D eigenvalue weighted by Gasteiger charge is 2.18. The van der Waals surface area contributed by atoms with Crippen LogP contribution < -0.4 is 0 Å². The Morgan fingerprint density at radius 3 is 2.46 bits per heavy atom. The topological polar surface area (TPSA) is 65.6 Å². The van der Waals surface area contributed by atoms with Crippen molar-refractivity contribution >= 4 is 17.5 Å². The van der Waals surface area contributed by atoms with Gasteiger partial charge in [0.25, 0.3) is 0 Å². The Balaban J connectivity index is 1.76. The van der Waals surface area contributed by atoms with Crippen molar-refractivity contribution in [2.45, 2.75) is 45.8 Å². The third-order valence-corrected chi connectivity index (χ3v) is 5.27. The molecule has 0 aliphatic heterocycles. The highest BCUT2D eigenvalue weighted by Crippen LogP contribution is 2.24. The summed E-state index contributed by atoms with van der Waals surface area (Å²) >= 11 is 1.36. The minimum atomic E-state index is 0.0912. The van der Waals surface area contributed by atoms with E-state index in [1.165, 1.54) is 17.3 Å². The Morgan fingerprint density at radius 1 is 1.15 bits per heavy atom. The van der Waals surface area contributed by atoms with Crippen LogP contribution in [0.15, 0.2) is 35.5 Å². The maximum Gasteiger partial charge on any atom is 0.214 e. The molecule has 0 amide bonds. The number of ketones is 1. The fourth-order valence-electron chi connectivity index (χ4n) is 3.18. The number of benzene rings is 1. The van der Waals surface area contributed by atoms with E-state index >= 15 is 0 Å². The predicted octanol–water partition coefficient (Wildman–Crippen LogP) is 3.94. The lowest BCUT2D eigenvalue weighted by molar-refractivity contribution is 0.102.